The van der Waals surface area contributed by atoms with Gasteiger partial charge < -0.3 is 9.64 Å². The van der Waals surface area contributed by atoms with Crippen molar-refractivity contribution in [2.45, 2.75) is 11.6 Å². The van der Waals surface area contributed by atoms with E-state index in [0.29, 0.717) is 36.1 Å². The van der Waals surface area contributed by atoms with Gasteiger partial charge in [0.25, 0.3) is 0 Å². The summed E-state index contributed by atoms with van der Waals surface area (Å²) >= 11 is 13.3. The molecule has 0 N–H and O–H groups in total. The first-order valence-corrected chi connectivity index (χ1v) is 8.69. The second-order valence-electron chi connectivity index (χ2n) is 4.72. The molecule has 0 aliphatic carbocycles. The van der Waals surface area contributed by atoms with Crippen LogP contribution in [0, 0.1) is 5.82 Å². The van der Waals surface area contributed by atoms with Gasteiger partial charge in [-0.3, -0.25) is 0 Å². The summed E-state index contributed by atoms with van der Waals surface area (Å²) in [4.78, 5) is 14.6. The molecule has 1 aliphatic heterocycles. The Morgan fingerprint density at radius 3 is 2.73 bits per heavy atom. The van der Waals surface area contributed by atoms with Crippen molar-refractivity contribution in [1.29, 1.82) is 0 Å². The van der Waals surface area contributed by atoms with Crippen LogP contribution in [0.5, 0.6) is 0 Å². The van der Waals surface area contributed by atoms with Crippen molar-refractivity contribution < 1.29 is 9.13 Å². The summed E-state index contributed by atoms with van der Waals surface area (Å²) in [6, 6.07) is 0. The predicted molar refractivity (Wildman–Crippen MR) is 86.7 cm³/mol. The van der Waals surface area contributed by atoms with Gasteiger partial charge >= 0.3 is 0 Å². The number of rotatable bonds is 2. The Balaban J connectivity index is 2.25. The number of fused-ring (bicyclic) bond motifs is 1. The van der Waals surface area contributed by atoms with E-state index in [0.717, 1.165) is 13.0 Å². The number of ether oxygens (including phenoxy) is 1. The number of hydrogen-bond donors (Lipinski definition) is 0. The van der Waals surface area contributed by atoms with Crippen molar-refractivity contribution >= 4 is 51.7 Å². The smallest absolute Gasteiger partial charge is 0.189 e. The highest BCUT2D eigenvalue weighted by Gasteiger charge is 2.22. The molecule has 1 saturated heterocycles. The van der Waals surface area contributed by atoms with Gasteiger partial charge in [-0.2, -0.15) is 0 Å². The minimum atomic E-state index is -0.675. The van der Waals surface area contributed by atoms with E-state index in [-0.39, 0.29) is 15.8 Å². The Morgan fingerprint density at radius 2 is 1.95 bits per heavy atom. The van der Waals surface area contributed by atoms with Gasteiger partial charge in [0.2, 0.25) is 0 Å². The van der Waals surface area contributed by atoms with Crippen molar-refractivity contribution in [2.24, 2.45) is 0 Å². The normalized spacial score (nSPS) is 16.1. The summed E-state index contributed by atoms with van der Waals surface area (Å²) in [5.74, 6) is -0.0981. The molecule has 9 heteroatoms. The molecule has 2 aromatic heterocycles. The van der Waals surface area contributed by atoms with E-state index >= 15 is 0 Å². The van der Waals surface area contributed by atoms with Crippen LogP contribution < -0.4 is 4.90 Å². The zero-order chi connectivity index (χ0) is 15.7. The monoisotopic (exact) mass is 362 g/mol. The molecule has 2 aromatic rings. The summed E-state index contributed by atoms with van der Waals surface area (Å²) < 4.78 is 19.8. The SMILES string of the molecule is CSc1nc(N2CCCOCC2)c2c(Cl)nc(Cl)c(F)c2n1. The Kier molecular flexibility index (Phi) is 4.87. The van der Waals surface area contributed by atoms with Crippen LogP contribution in [-0.2, 0) is 4.74 Å². The lowest BCUT2D eigenvalue weighted by Gasteiger charge is -2.23. The average Bonchev–Trinajstić information content (AvgIpc) is 2.80. The van der Waals surface area contributed by atoms with Gasteiger partial charge in [0.1, 0.15) is 16.5 Å². The maximum Gasteiger partial charge on any atom is 0.189 e. The van der Waals surface area contributed by atoms with Crippen molar-refractivity contribution in [2.75, 3.05) is 37.5 Å². The number of nitrogens with zero attached hydrogens (tertiary/aromatic N) is 4. The van der Waals surface area contributed by atoms with Gasteiger partial charge in [-0.15, -0.1) is 0 Å². The molecule has 3 heterocycles. The van der Waals surface area contributed by atoms with E-state index in [4.69, 9.17) is 27.9 Å². The Morgan fingerprint density at radius 1 is 1.14 bits per heavy atom. The lowest BCUT2D eigenvalue weighted by atomic mass is 10.2. The molecular formula is C13H13Cl2FN4OS. The summed E-state index contributed by atoms with van der Waals surface area (Å²) in [7, 11) is 0. The molecule has 0 spiro atoms. The van der Waals surface area contributed by atoms with E-state index in [1.807, 2.05) is 11.2 Å². The fraction of sp³-hybridized carbons (Fsp3) is 0.462. The topological polar surface area (TPSA) is 51.1 Å². The van der Waals surface area contributed by atoms with Crippen LogP contribution in [-0.4, -0.2) is 47.5 Å². The summed E-state index contributed by atoms with van der Waals surface area (Å²) in [6.07, 6.45) is 2.69. The highest BCUT2D eigenvalue weighted by molar-refractivity contribution is 7.98. The number of aromatic nitrogens is 3. The summed E-state index contributed by atoms with van der Waals surface area (Å²) in [5.41, 5.74) is 0.101. The zero-order valence-electron chi connectivity index (χ0n) is 11.8. The first kappa shape index (κ1) is 16.0. The maximum absolute atomic E-state index is 14.3. The second-order valence-corrected chi connectivity index (χ2v) is 6.21. The van der Waals surface area contributed by atoms with E-state index < -0.39 is 5.82 Å². The van der Waals surface area contributed by atoms with Crippen LogP contribution in [0.15, 0.2) is 5.16 Å². The third-order valence-electron chi connectivity index (χ3n) is 3.37. The molecule has 0 saturated carbocycles. The first-order valence-electron chi connectivity index (χ1n) is 6.70. The fourth-order valence-electron chi connectivity index (χ4n) is 2.34. The Hall–Kier alpha value is -0.890. The van der Waals surface area contributed by atoms with E-state index in [1.54, 1.807) is 0 Å². The lowest BCUT2D eigenvalue weighted by molar-refractivity contribution is 0.152. The average molecular weight is 363 g/mol. The number of halogens is 3. The van der Waals surface area contributed by atoms with Crippen LogP contribution >= 0.6 is 35.0 Å². The lowest BCUT2D eigenvalue weighted by Crippen LogP contribution is -2.27. The molecule has 0 atom stereocenters. The second kappa shape index (κ2) is 6.70. The molecule has 0 aromatic carbocycles. The standard InChI is InChI=1S/C13H13Cl2FN4OS/c1-22-13-17-9-7(10(14)18-11(15)8(9)16)12(19-13)20-3-2-5-21-6-4-20/h2-6H2,1H3. The molecule has 3 rings (SSSR count). The predicted octanol–water partition coefficient (Wildman–Crippen LogP) is 3.42. The van der Waals surface area contributed by atoms with Gasteiger partial charge in [0.05, 0.1) is 12.0 Å². The molecule has 0 amide bonds. The zero-order valence-corrected chi connectivity index (χ0v) is 14.1. The molecule has 0 unspecified atom stereocenters. The first-order chi connectivity index (χ1) is 10.6. The largest absolute Gasteiger partial charge is 0.380 e. The van der Waals surface area contributed by atoms with Crippen molar-refractivity contribution in [3.63, 3.8) is 0 Å². The van der Waals surface area contributed by atoms with Gasteiger partial charge in [0, 0.05) is 19.7 Å². The number of thioether (sulfide) groups is 1. The molecule has 1 fully saturated rings. The van der Waals surface area contributed by atoms with E-state index in [2.05, 4.69) is 15.0 Å². The van der Waals surface area contributed by atoms with Crippen molar-refractivity contribution in [3.05, 3.63) is 16.1 Å². The minimum Gasteiger partial charge on any atom is -0.380 e. The maximum atomic E-state index is 14.3. The Bertz CT molecular complexity index is 710. The molecular weight excluding hydrogens is 350 g/mol. The van der Waals surface area contributed by atoms with Crippen LogP contribution in [0.3, 0.4) is 0 Å². The fourth-order valence-corrected chi connectivity index (χ4v) is 3.18. The quantitative estimate of drug-likeness (QED) is 0.463. The molecule has 22 heavy (non-hydrogen) atoms. The molecule has 118 valence electrons. The van der Waals surface area contributed by atoms with Crippen molar-refractivity contribution in [1.82, 2.24) is 15.0 Å². The van der Waals surface area contributed by atoms with Gasteiger partial charge in [-0.1, -0.05) is 35.0 Å². The van der Waals surface area contributed by atoms with Gasteiger partial charge in [0.15, 0.2) is 16.1 Å². The van der Waals surface area contributed by atoms with Gasteiger partial charge in [-0.25, -0.2) is 19.3 Å². The third kappa shape index (κ3) is 2.95. The highest BCUT2D eigenvalue weighted by Crippen LogP contribution is 2.35. The van der Waals surface area contributed by atoms with Crippen LogP contribution in [0.1, 0.15) is 6.42 Å². The number of pyridine rings is 1. The summed E-state index contributed by atoms with van der Waals surface area (Å²) in [5, 5.41) is 0.677. The highest BCUT2D eigenvalue weighted by atomic mass is 35.5. The minimum absolute atomic E-state index is 0.101. The Labute approximate surface area is 141 Å². The van der Waals surface area contributed by atoms with E-state index in [9.17, 15) is 4.39 Å². The van der Waals surface area contributed by atoms with Gasteiger partial charge in [-0.05, 0) is 12.7 Å². The molecule has 5 nitrogen and oxygen atoms in total. The van der Waals surface area contributed by atoms with Crippen LogP contribution in [0.25, 0.3) is 10.9 Å². The molecule has 0 radical (unpaired) electrons. The van der Waals surface area contributed by atoms with E-state index in [1.165, 1.54) is 11.8 Å². The molecule has 1 aliphatic rings. The summed E-state index contributed by atoms with van der Waals surface area (Å²) in [6.45, 7) is 2.68. The number of hydrogen-bond acceptors (Lipinski definition) is 6. The third-order valence-corrected chi connectivity index (χ3v) is 4.44. The van der Waals surface area contributed by atoms with Crippen LogP contribution in [0.4, 0.5) is 10.2 Å². The molecule has 0 bridgehead atoms. The van der Waals surface area contributed by atoms with Crippen LogP contribution in [0.2, 0.25) is 10.3 Å². The van der Waals surface area contributed by atoms with Crippen molar-refractivity contribution in [3.8, 4) is 0 Å². The number of anilines is 1.